The summed E-state index contributed by atoms with van der Waals surface area (Å²) < 4.78 is 0. The molecule has 0 aliphatic heterocycles. The molecule has 0 bridgehead atoms. The number of aryl methyl sites for hydroxylation is 1. The number of nitrogens with one attached hydrogen (secondary N) is 1. The molecule has 1 N–H and O–H groups in total. The number of benzene rings is 2. The molecule has 2 aromatic carbocycles. The fraction of sp³-hybridized carbons (Fsp3) is 0.261. The molecule has 3 aromatic rings. The summed E-state index contributed by atoms with van der Waals surface area (Å²) in [6, 6.07) is 20.2. The van der Waals surface area contributed by atoms with E-state index in [9.17, 15) is 4.79 Å². The van der Waals surface area contributed by atoms with Crippen LogP contribution in [-0.4, -0.2) is 21.9 Å². The van der Waals surface area contributed by atoms with Crippen molar-refractivity contribution in [3.05, 3.63) is 89.4 Å². The fourth-order valence-corrected chi connectivity index (χ4v) is 3.01. The Bertz CT molecular complexity index is 925. The van der Waals surface area contributed by atoms with E-state index in [4.69, 9.17) is 0 Å². The van der Waals surface area contributed by atoms with Crippen molar-refractivity contribution < 1.29 is 4.79 Å². The van der Waals surface area contributed by atoms with Crippen LogP contribution in [0.2, 0.25) is 0 Å². The lowest BCUT2D eigenvalue weighted by Gasteiger charge is -2.28. The molecular formula is C23H26N4O. The predicted octanol–water partition coefficient (Wildman–Crippen LogP) is 4.13. The van der Waals surface area contributed by atoms with Gasteiger partial charge in [0.15, 0.2) is 0 Å². The third-order valence-electron chi connectivity index (χ3n) is 4.70. The fourth-order valence-electron chi connectivity index (χ4n) is 3.01. The van der Waals surface area contributed by atoms with Gasteiger partial charge >= 0.3 is 0 Å². The molecule has 0 aliphatic rings. The predicted molar refractivity (Wildman–Crippen MR) is 112 cm³/mol. The molecule has 0 saturated heterocycles. The average Bonchev–Trinajstić information content (AvgIpc) is 2.72. The molecule has 0 spiro atoms. The van der Waals surface area contributed by atoms with Crippen LogP contribution in [0.25, 0.3) is 0 Å². The maximum Gasteiger partial charge on any atom is 0.270 e. The van der Waals surface area contributed by atoms with Gasteiger partial charge in [-0.2, -0.15) is 0 Å². The highest BCUT2D eigenvalue weighted by Crippen LogP contribution is 2.18. The number of amides is 1. The van der Waals surface area contributed by atoms with E-state index in [-0.39, 0.29) is 11.9 Å². The van der Waals surface area contributed by atoms with Gasteiger partial charge in [-0.1, -0.05) is 54.6 Å². The Hall–Kier alpha value is -3.21. The van der Waals surface area contributed by atoms with E-state index >= 15 is 0 Å². The molecule has 28 heavy (non-hydrogen) atoms. The van der Waals surface area contributed by atoms with Crippen molar-refractivity contribution in [2.75, 3.05) is 4.90 Å². The minimum atomic E-state index is -0.199. The first-order valence-corrected chi connectivity index (χ1v) is 9.50. The van der Waals surface area contributed by atoms with Crippen molar-refractivity contribution in [3.8, 4) is 0 Å². The van der Waals surface area contributed by atoms with Gasteiger partial charge in [-0.25, -0.2) is 9.97 Å². The van der Waals surface area contributed by atoms with E-state index in [1.54, 1.807) is 6.07 Å². The molecule has 5 nitrogen and oxygen atoms in total. The van der Waals surface area contributed by atoms with E-state index in [1.807, 2.05) is 49.4 Å². The largest absolute Gasteiger partial charge is 0.350 e. The third kappa shape index (κ3) is 4.94. The second-order valence-corrected chi connectivity index (χ2v) is 7.08. The van der Waals surface area contributed by atoms with Gasteiger partial charge < -0.3 is 10.2 Å². The molecule has 0 atom stereocenters. The van der Waals surface area contributed by atoms with Crippen LogP contribution in [0, 0.1) is 6.92 Å². The van der Waals surface area contributed by atoms with Crippen molar-refractivity contribution in [3.63, 3.8) is 0 Å². The minimum Gasteiger partial charge on any atom is -0.350 e. The van der Waals surface area contributed by atoms with E-state index in [0.717, 1.165) is 23.5 Å². The Morgan fingerprint density at radius 3 is 2.46 bits per heavy atom. The van der Waals surface area contributed by atoms with Crippen LogP contribution in [0.15, 0.2) is 67.0 Å². The lowest BCUT2D eigenvalue weighted by molar-refractivity contribution is 0.0945. The zero-order valence-corrected chi connectivity index (χ0v) is 16.6. The molecule has 0 fully saturated rings. The maximum atomic E-state index is 12.6. The molecule has 1 heterocycles. The number of rotatable bonds is 7. The van der Waals surface area contributed by atoms with Gasteiger partial charge in [-0.15, -0.1) is 0 Å². The first-order valence-electron chi connectivity index (χ1n) is 9.50. The van der Waals surface area contributed by atoms with Gasteiger partial charge in [0.1, 0.15) is 17.8 Å². The molecular weight excluding hydrogens is 348 g/mol. The number of hydrogen-bond donors (Lipinski definition) is 1. The summed E-state index contributed by atoms with van der Waals surface area (Å²) in [6.45, 7) is 7.46. The van der Waals surface area contributed by atoms with Crippen LogP contribution in [0.5, 0.6) is 0 Å². The highest BCUT2D eigenvalue weighted by Gasteiger charge is 2.16. The average molecular weight is 374 g/mol. The summed E-state index contributed by atoms with van der Waals surface area (Å²) in [5.74, 6) is 0.546. The van der Waals surface area contributed by atoms with Gasteiger partial charge in [-0.05, 0) is 37.5 Å². The molecule has 0 aliphatic carbocycles. The molecule has 0 unspecified atom stereocenters. The van der Waals surface area contributed by atoms with Crippen LogP contribution in [0.3, 0.4) is 0 Å². The van der Waals surface area contributed by atoms with Crippen molar-refractivity contribution in [2.24, 2.45) is 0 Å². The molecule has 0 radical (unpaired) electrons. The van der Waals surface area contributed by atoms with E-state index < -0.39 is 0 Å². The van der Waals surface area contributed by atoms with E-state index in [0.29, 0.717) is 12.2 Å². The molecule has 144 valence electrons. The summed E-state index contributed by atoms with van der Waals surface area (Å²) in [5.41, 5.74) is 3.82. The smallest absolute Gasteiger partial charge is 0.270 e. The summed E-state index contributed by atoms with van der Waals surface area (Å²) in [6.07, 6.45) is 1.46. The summed E-state index contributed by atoms with van der Waals surface area (Å²) in [5, 5.41) is 2.95. The van der Waals surface area contributed by atoms with Gasteiger partial charge in [0, 0.05) is 25.2 Å². The van der Waals surface area contributed by atoms with Crippen LogP contribution in [0.4, 0.5) is 5.82 Å². The van der Waals surface area contributed by atoms with E-state index in [1.165, 1.54) is 11.9 Å². The monoisotopic (exact) mass is 374 g/mol. The Morgan fingerprint density at radius 1 is 1.04 bits per heavy atom. The highest BCUT2D eigenvalue weighted by atomic mass is 16.1. The number of hydrogen-bond acceptors (Lipinski definition) is 4. The normalized spacial score (nSPS) is 10.7. The van der Waals surface area contributed by atoms with Gasteiger partial charge in [0.05, 0.1) is 0 Å². The van der Waals surface area contributed by atoms with Crippen molar-refractivity contribution in [1.29, 1.82) is 0 Å². The highest BCUT2D eigenvalue weighted by molar-refractivity contribution is 5.92. The number of nitrogens with zero attached hydrogens (tertiary/aromatic N) is 3. The zero-order valence-electron chi connectivity index (χ0n) is 16.6. The Morgan fingerprint density at radius 2 is 1.75 bits per heavy atom. The van der Waals surface area contributed by atoms with Crippen molar-refractivity contribution >= 4 is 11.7 Å². The molecule has 1 amide bonds. The second-order valence-electron chi connectivity index (χ2n) is 7.08. The molecule has 0 saturated carbocycles. The Labute approximate surface area is 166 Å². The topological polar surface area (TPSA) is 58.1 Å². The van der Waals surface area contributed by atoms with E-state index in [2.05, 4.69) is 46.2 Å². The SMILES string of the molecule is Cc1ccccc1CNC(=O)c1cc(N(Cc2ccccc2)C(C)C)ncn1. The minimum absolute atomic E-state index is 0.199. The van der Waals surface area contributed by atoms with Crippen LogP contribution in [0.1, 0.15) is 41.0 Å². The first-order chi connectivity index (χ1) is 13.5. The second kappa shape index (κ2) is 9.13. The Kier molecular flexibility index (Phi) is 6.37. The van der Waals surface area contributed by atoms with Gasteiger partial charge in [0.25, 0.3) is 5.91 Å². The van der Waals surface area contributed by atoms with Crippen LogP contribution in [-0.2, 0) is 13.1 Å². The molecule has 1 aromatic heterocycles. The zero-order chi connectivity index (χ0) is 19.9. The third-order valence-corrected chi connectivity index (χ3v) is 4.70. The number of carbonyl (C=O) groups is 1. The Balaban J connectivity index is 1.74. The lowest BCUT2D eigenvalue weighted by atomic mass is 10.1. The van der Waals surface area contributed by atoms with Crippen LogP contribution < -0.4 is 10.2 Å². The summed E-state index contributed by atoms with van der Waals surface area (Å²) in [4.78, 5) is 23.4. The van der Waals surface area contributed by atoms with Gasteiger partial charge in [0.2, 0.25) is 0 Å². The molecule has 5 heteroatoms. The quantitative estimate of drug-likeness (QED) is 0.676. The summed E-state index contributed by atoms with van der Waals surface area (Å²) in [7, 11) is 0. The number of carbonyl (C=O) groups excluding carboxylic acids is 1. The summed E-state index contributed by atoms with van der Waals surface area (Å²) >= 11 is 0. The van der Waals surface area contributed by atoms with Crippen molar-refractivity contribution in [1.82, 2.24) is 15.3 Å². The van der Waals surface area contributed by atoms with Crippen LogP contribution >= 0.6 is 0 Å². The van der Waals surface area contributed by atoms with Gasteiger partial charge in [-0.3, -0.25) is 4.79 Å². The standard InChI is InChI=1S/C23H26N4O/c1-17(2)27(15-19-10-5-4-6-11-19)22-13-21(25-16-26-22)23(28)24-14-20-12-8-7-9-18(20)3/h4-13,16-17H,14-15H2,1-3H3,(H,24,28). The molecule has 3 rings (SSSR count). The van der Waals surface area contributed by atoms with Crippen molar-refractivity contribution in [2.45, 2.75) is 39.9 Å². The lowest BCUT2D eigenvalue weighted by Crippen LogP contribution is -2.32. The first kappa shape index (κ1) is 19.5. The maximum absolute atomic E-state index is 12.6. The number of anilines is 1. The number of aromatic nitrogens is 2.